The van der Waals surface area contributed by atoms with Crippen LogP contribution in [0.5, 0.6) is 0 Å². The van der Waals surface area contributed by atoms with E-state index < -0.39 is 0 Å². The Morgan fingerprint density at radius 2 is 1.56 bits per heavy atom. The Kier molecular flexibility index (Phi) is 5.06. The lowest BCUT2D eigenvalue weighted by atomic mass is 10.2. The quantitative estimate of drug-likeness (QED) is 0.644. The van der Waals surface area contributed by atoms with Crippen molar-refractivity contribution in [3.63, 3.8) is 0 Å². The normalized spacial score (nSPS) is 10.9. The molecule has 2 aromatic carbocycles. The minimum absolute atomic E-state index is 0.0474. The van der Waals surface area contributed by atoms with Crippen LogP contribution in [-0.4, -0.2) is 11.8 Å². The van der Waals surface area contributed by atoms with E-state index in [4.69, 9.17) is 11.6 Å². The summed E-state index contributed by atoms with van der Waals surface area (Å²) in [4.78, 5) is 24.7. The molecule has 2 amide bonds. The van der Waals surface area contributed by atoms with E-state index in [1.807, 2.05) is 38.1 Å². The first-order valence-electron chi connectivity index (χ1n) is 7.85. The third-order valence-electron chi connectivity index (χ3n) is 3.68. The van der Waals surface area contributed by atoms with Crippen molar-refractivity contribution >= 4 is 56.2 Å². The standard InChI is InChI=1S/C19H17ClN2O2S/c1-11(2)18(23)21-12-7-9-13(10-8-12)22-19(24)17-16(20)14-5-3-4-6-15(14)25-17/h3-11H,1-2H3,(H,21,23)(H,22,24). The topological polar surface area (TPSA) is 58.2 Å². The van der Waals surface area contributed by atoms with Crippen LogP contribution < -0.4 is 10.6 Å². The fraction of sp³-hybridized carbons (Fsp3) is 0.158. The summed E-state index contributed by atoms with van der Waals surface area (Å²) in [6.45, 7) is 3.66. The summed E-state index contributed by atoms with van der Waals surface area (Å²) >= 11 is 7.70. The van der Waals surface area contributed by atoms with E-state index >= 15 is 0 Å². The van der Waals surface area contributed by atoms with Crippen LogP contribution in [0.15, 0.2) is 48.5 Å². The van der Waals surface area contributed by atoms with Gasteiger partial charge in [-0.05, 0) is 30.3 Å². The molecule has 0 radical (unpaired) electrons. The summed E-state index contributed by atoms with van der Waals surface area (Å²) in [5, 5.41) is 7.00. The lowest BCUT2D eigenvalue weighted by Gasteiger charge is -2.09. The molecule has 0 aliphatic carbocycles. The summed E-state index contributed by atoms with van der Waals surface area (Å²) < 4.78 is 0.976. The molecule has 0 bridgehead atoms. The summed E-state index contributed by atoms with van der Waals surface area (Å²) in [6.07, 6.45) is 0. The molecule has 0 aliphatic rings. The van der Waals surface area contributed by atoms with Crippen molar-refractivity contribution in [2.45, 2.75) is 13.8 Å². The van der Waals surface area contributed by atoms with Gasteiger partial charge in [0.25, 0.3) is 5.91 Å². The molecule has 3 rings (SSSR count). The van der Waals surface area contributed by atoms with E-state index in [1.54, 1.807) is 24.3 Å². The van der Waals surface area contributed by atoms with E-state index in [-0.39, 0.29) is 17.7 Å². The molecule has 1 aromatic heterocycles. The molecule has 6 heteroatoms. The monoisotopic (exact) mass is 372 g/mol. The van der Waals surface area contributed by atoms with Crippen molar-refractivity contribution in [2.24, 2.45) is 5.92 Å². The lowest BCUT2D eigenvalue weighted by Crippen LogP contribution is -2.17. The highest BCUT2D eigenvalue weighted by atomic mass is 35.5. The Hall–Kier alpha value is -2.37. The van der Waals surface area contributed by atoms with Crippen molar-refractivity contribution in [3.8, 4) is 0 Å². The number of hydrogen-bond donors (Lipinski definition) is 2. The molecular formula is C19H17ClN2O2S. The van der Waals surface area contributed by atoms with Crippen molar-refractivity contribution in [1.29, 1.82) is 0 Å². The van der Waals surface area contributed by atoms with Crippen molar-refractivity contribution in [2.75, 3.05) is 10.6 Å². The first kappa shape index (κ1) is 17.5. The van der Waals surface area contributed by atoms with Gasteiger partial charge in [0.15, 0.2) is 0 Å². The largest absolute Gasteiger partial charge is 0.326 e. The Morgan fingerprint density at radius 3 is 2.16 bits per heavy atom. The molecule has 0 aliphatic heterocycles. The van der Waals surface area contributed by atoms with Gasteiger partial charge in [0, 0.05) is 27.4 Å². The van der Waals surface area contributed by atoms with Crippen LogP contribution in [0.3, 0.4) is 0 Å². The second kappa shape index (κ2) is 7.25. The number of carbonyl (C=O) groups is 2. The zero-order valence-corrected chi connectivity index (χ0v) is 15.4. The van der Waals surface area contributed by atoms with Crippen molar-refractivity contribution in [1.82, 2.24) is 0 Å². The highest BCUT2D eigenvalue weighted by Gasteiger charge is 2.17. The summed E-state index contributed by atoms with van der Waals surface area (Å²) in [5.74, 6) is -0.381. The second-order valence-electron chi connectivity index (χ2n) is 5.92. The summed E-state index contributed by atoms with van der Waals surface area (Å²) in [6, 6.07) is 14.6. The van der Waals surface area contributed by atoms with E-state index in [0.29, 0.717) is 21.3 Å². The van der Waals surface area contributed by atoms with Gasteiger partial charge in [-0.15, -0.1) is 11.3 Å². The third-order valence-corrected chi connectivity index (χ3v) is 5.35. The van der Waals surface area contributed by atoms with E-state index in [1.165, 1.54) is 11.3 Å². The highest BCUT2D eigenvalue weighted by molar-refractivity contribution is 7.21. The van der Waals surface area contributed by atoms with E-state index in [2.05, 4.69) is 10.6 Å². The molecular weight excluding hydrogens is 356 g/mol. The highest BCUT2D eigenvalue weighted by Crippen LogP contribution is 2.35. The second-order valence-corrected chi connectivity index (χ2v) is 7.35. The molecule has 25 heavy (non-hydrogen) atoms. The molecule has 0 atom stereocenters. The number of rotatable bonds is 4. The zero-order chi connectivity index (χ0) is 18.0. The number of amides is 2. The van der Waals surface area contributed by atoms with Gasteiger partial charge in [0.1, 0.15) is 4.88 Å². The van der Waals surface area contributed by atoms with Gasteiger partial charge >= 0.3 is 0 Å². The third kappa shape index (κ3) is 3.83. The van der Waals surface area contributed by atoms with Crippen molar-refractivity contribution < 1.29 is 9.59 Å². The average molecular weight is 373 g/mol. The first-order valence-corrected chi connectivity index (χ1v) is 9.04. The van der Waals surface area contributed by atoms with Crippen LogP contribution in [-0.2, 0) is 4.79 Å². The van der Waals surface area contributed by atoms with Crippen LogP contribution in [0.4, 0.5) is 11.4 Å². The Bertz CT molecular complexity index is 932. The molecule has 0 spiro atoms. The van der Waals surface area contributed by atoms with Gasteiger partial charge in [-0.1, -0.05) is 43.6 Å². The predicted molar refractivity (Wildman–Crippen MR) is 105 cm³/mol. The maximum absolute atomic E-state index is 12.5. The Morgan fingerprint density at radius 1 is 0.960 bits per heavy atom. The van der Waals surface area contributed by atoms with E-state index in [0.717, 1.165) is 10.1 Å². The van der Waals surface area contributed by atoms with Crippen LogP contribution in [0.2, 0.25) is 5.02 Å². The van der Waals surface area contributed by atoms with Gasteiger partial charge in [0.2, 0.25) is 5.91 Å². The van der Waals surface area contributed by atoms with E-state index in [9.17, 15) is 9.59 Å². The lowest BCUT2D eigenvalue weighted by molar-refractivity contribution is -0.118. The van der Waals surface area contributed by atoms with Crippen LogP contribution in [0.25, 0.3) is 10.1 Å². The smallest absolute Gasteiger partial charge is 0.267 e. The zero-order valence-electron chi connectivity index (χ0n) is 13.8. The number of halogens is 1. The number of anilines is 2. The average Bonchev–Trinajstić information content (AvgIpc) is 2.94. The fourth-order valence-electron chi connectivity index (χ4n) is 2.27. The predicted octanol–water partition coefficient (Wildman–Crippen LogP) is 5.40. The molecule has 0 saturated carbocycles. The molecule has 128 valence electrons. The fourth-order valence-corrected chi connectivity index (χ4v) is 3.68. The molecule has 0 fully saturated rings. The Balaban J connectivity index is 1.74. The van der Waals surface area contributed by atoms with Crippen LogP contribution in [0.1, 0.15) is 23.5 Å². The maximum Gasteiger partial charge on any atom is 0.267 e. The minimum Gasteiger partial charge on any atom is -0.326 e. The first-order chi connectivity index (χ1) is 12.0. The molecule has 3 aromatic rings. The molecule has 2 N–H and O–H groups in total. The van der Waals surface area contributed by atoms with Gasteiger partial charge in [-0.25, -0.2) is 0 Å². The van der Waals surface area contributed by atoms with Crippen LogP contribution >= 0.6 is 22.9 Å². The summed E-state index contributed by atoms with van der Waals surface area (Å²) in [7, 11) is 0. The number of carbonyl (C=O) groups excluding carboxylic acids is 2. The SMILES string of the molecule is CC(C)C(=O)Nc1ccc(NC(=O)c2sc3ccccc3c2Cl)cc1. The van der Waals surface area contributed by atoms with Gasteiger partial charge < -0.3 is 10.6 Å². The van der Waals surface area contributed by atoms with Crippen LogP contribution in [0, 0.1) is 5.92 Å². The van der Waals surface area contributed by atoms with Gasteiger partial charge in [-0.2, -0.15) is 0 Å². The number of hydrogen-bond acceptors (Lipinski definition) is 3. The number of nitrogens with one attached hydrogen (secondary N) is 2. The number of thiophene rings is 1. The number of benzene rings is 2. The summed E-state index contributed by atoms with van der Waals surface area (Å²) in [5.41, 5.74) is 1.33. The van der Waals surface area contributed by atoms with Gasteiger partial charge in [-0.3, -0.25) is 9.59 Å². The number of fused-ring (bicyclic) bond motifs is 1. The molecule has 0 saturated heterocycles. The molecule has 1 heterocycles. The molecule has 4 nitrogen and oxygen atoms in total. The van der Waals surface area contributed by atoms with Crippen molar-refractivity contribution in [3.05, 3.63) is 58.4 Å². The minimum atomic E-state index is -0.245. The molecule has 0 unspecified atom stereocenters. The maximum atomic E-state index is 12.5. The Labute approximate surface area is 154 Å². The van der Waals surface area contributed by atoms with Gasteiger partial charge in [0.05, 0.1) is 5.02 Å².